The number of phenolic OH excluding ortho intramolecular Hbond substituents is 1. The predicted octanol–water partition coefficient (Wildman–Crippen LogP) is 3.84. The molecule has 0 aliphatic rings. The van der Waals surface area contributed by atoms with E-state index in [2.05, 4.69) is 27.7 Å². The lowest BCUT2D eigenvalue weighted by atomic mass is 9.81. The Hall–Kier alpha value is -1.31. The fraction of sp³-hybridized carbons (Fsp3) is 0.533. The zero-order chi connectivity index (χ0) is 13.1. The van der Waals surface area contributed by atoms with Crippen molar-refractivity contribution >= 4 is 6.29 Å². The Morgan fingerprint density at radius 2 is 1.94 bits per heavy atom. The fourth-order valence-electron chi connectivity index (χ4n) is 2.06. The molecule has 0 saturated carbocycles. The van der Waals surface area contributed by atoms with Gasteiger partial charge < -0.3 is 5.11 Å². The maximum absolute atomic E-state index is 10.9. The molecule has 0 atom stereocenters. The van der Waals surface area contributed by atoms with Crippen molar-refractivity contribution in [2.24, 2.45) is 0 Å². The highest BCUT2D eigenvalue weighted by Crippen LogP contribution is 2.34. The summed E-state index contributed by atoms with van der Waals surface area (Å²) in [6.07, 6.45) is 3.65. The number of aldehydes is 1. The molecule has 0 saturated heterocycles. The average Bonchev–Trinajstić information content (AvgIpc) is 2.25. The van der Waals surface area contributed by atoms with Crippen LogP contribution in [-0.2, 0) is 11.8 Å². The number of unbranched alkanes of at least 4 members (excludes halogenated alkanes) is 1. The highest BCUT2D eigenvalue weighted by Gasteiger charge is 2.21. The van der Waals surface area contributed by atoms with Crippen LogP contribution in [0.25, 0.3) is 0 Å². The molecule has 17 heavy (non-hydrogen) atoms. The summed E-state index contributed by atoms with van der Waals surface area (Å²) in [5.74, 6) is 0.167. The summed E-state index contributed by atoms with van der Waals surface area (Å²) in [5, 5.41) is 10.1. The molecule has 0 aromatic heterocycles. The third-order valence-electron chi connectivity index (χ3n) is 3.03. The van der Waals surface area contributed by atoms with Crippen LogP contribution in [0.15, 0.2) is 12.1 Å². The molecule has 0 aliphatic heterocycles. The van der Waals surface area contributed by atoms with Crippen LogP contribution in [0, 0.1) is 0 Å². The minimum absolute atomic E-state index is 0.0119. The normalized spacial score (nSPS) is 11.5. The van der Waals surface area contributed by atoms with Crippen molar-refractivity contribution in [3.8, 4) is 5.75 Å². The molecule has 1 aromatic carbocycles. The lowest BCUT2D eigenvalue weighted by molar-refractivity contribution is 0.112. The molecule has 0 heterocycles. The van der Waals surface area contributed by atoms with Gasteiger partial charge in [-0.1, -0.05) is 40.2 Å². The zero-order valence-corrected chi connectivity index (χ0v) is 11.2. The summed E-state index contributed by atoms with van der Waals surface area (Å²) in [5.41, 5.74) is 2.45. The van der Waals surface area contributed by atoms with Crippen molar-refractivity contribution in [2.45, 2.75) is 52.4 Å². The highest BCUT2D eigenvalue weighted by molar-refractivity contribution is 5.80. The average molecular weight is 234 g/mol. The molecule has 0 bridgehead atoms. The molecule has 0 spiro atoms. The van der Waals surface area contributed by atoms with E-state index in [-0.39, 0.29) is 11.2 Å². The van der Waals surface area contributed by atoms with Crippen LogP contribution in [0.1, 0.15) is 62.0 Å². The molecule has 1 rings (SSSR count). The summed E-state index contributed by atoms with van der Waals surface area (Å²) in [7, 11) is 0. The largest absolute Gasteiger partial charge is 0.507 e. The summed E-state index contributed by atoms with van der Waals surface area (Å²) < 4.78 is 0. The first-order valence-corrected chi connectivity index (χ1v) is 6.22. The van der Waals surface area contributed by atoms with Gasteiger partial charge in [0, 0.05) is 0 Å². The second-order valence-corrected chi connectivity index (χ2v) is 5.50. The van der Waals surface area contributed by atoms with Gasteiger partial charge in [-0.15, -0.1) is 0 Å². The van der Waals surface area contributed by atoms with E-state index >= 15 is 0 Å². The van der Waals surface area contributed by atoms with Crippen molar-refractivity contribution in [2.75, 3.05) is 0 Å². The maximum atomic E-state index is 10.9. The molecular formula is C15H22O2. The zero-order valence-electron chi connectivity index (χ0n) is 11.2. The number of benzene rings is 1. The number of phenols is 1. The summed E-state index contributed by atoms with van der Waals surface area (Å²) >= 11 is 0. The van der Waals surface area contributed by atoms with E-state index in [9.17, 15) is 9.90 Å². The highest BCUT2D eigenvalue weighted by atomic mass is 16.3. The summed E-state index contributed by atoms with van der Waals surface area (Å²) in [6.45, 7) is 8.49. The third-order valence-corrected chi connectivity index (χ3v) is 3.03. The molecule has 0 unspecified atom stereocenters. The topological polar surface area (TPSA) is 37.3 Å². The molecule has 0 amide bonds. The van der Waals surface area contributed by atoms with Crippen molar-refractivity contribution in [1.82, 2.24) is 0 Å². The van der Waals surface area contributed by atoms with Crippen LogP contribution in [-0.4, -0.2) is 11.4 Å². The number of rotatable bonds is 4. The standard InChI is InChI=1S/C15H22O2/c1-5-6-7-12-13(15(2,3)4)9-8-11(10-16)14(12)17/h8-10,17H,5-7H2,1-4H3. The molecule has 2 heteroatoms. The quantitative estimate of drug-likeness (QED) is 0.803. The Bertz CT molecular complexity index is 400. The first kappa shape index (κ1) is 13.8. The van der Waals surface area contributed by atoms with Crippen LogP contribution in [0.3, 0.4) is 0 Å². The van der Waals surface area contributed by atoms with Gasteiger partial charge in [-0.2, -0.15) is 0 Å². The minimum atomic E-state index is -0.0119. The number of aromatic hydroxyl groups is 1. The Labute approximate surface area is 104 Å². The van der Waals surface area contributed by atoms with E-state index in [1.54, 1.807) is 6.07 Å². The Morgan fingerprint density at radius 3 is 2.41 bits per heavy atom. The maximum Gasteiger partial charge on any atom is 0.153 e. The molecular weight excluding hydrogens is 212 g/mol. The van der Waals surface area contributed by atoms with E-state index in [0.717, 1.165) is 36.7 Å². The second-order valence-electron chi connectivity index (χ2n) is 5.50. The van der Waals surface area contributed by atoms with E-state index in [1.165, 1.54) is 0 Å². The Balaban J connectivity index is 3.30. The smallest absolute Gasteiger partial charge is 0.153 e. The lowest BCUT2D eigenvalue weighted by Gasteiger charge is -2.24. The number of hydrogen-bond donors (Lipinski definition) is 1. The van der Waals surface area contributed by atoms with E-state index in [4.69, 9.17) is 0 Å². The molecule has 1 N–H and O–H groups in total. The van der Waals surface area contributed by atoms with Crippen LogP contribution >= 0.6 is 0 Å². The third kappa shape index (κ3) is 3.09. The minimum Gasteiger partial charge on any atom is -0.507 e. The van der Waals surface area contributed by atoms with Gasteiger partial charge in [0.05, 0.1) is 5.56 Å². The van der Waals surface area contributed by atoms with Gasteiger partial charge in [0.2, 0.25) is 0 Å². The Kier molecular flexibility index (Phi) is 4.33. The van der Waals surface area contributed by atoms with Crippen molar-refractivity contribution < 1.29 is 9.90 Å². The monoisotopic (exact) mass is 234 g/mol. The molecule has 2 nitrogen and oxygen atoms in total. The fourth-order valence-corrected chi connectivity index (χ4v) is 2.06. The summed E-state index contributed by atoms with van der Waals surface area (Å²) in [4.78, 5) is 10.9. The van der Waals surface area contributed by atoms with E-state index in [1.807, 2.05) is 6.07 Å². The van der Waals surface area contributed by atoms with E-state index < -0.39 is 0 Å². The predicted molar refractivity (Wildman–Crippen MR) is 70.8 cm³/mol. The van der Waals surface area contributed by atoms with E-state index in [0.29, 0.717) is 5.56 Å². The number of carbonyl (C=O) groups excluding carboxylic acids is 1. The van der Waals surface area contributed by atoms with Gasteiger partial charge in [-0.25, -0.2) is 0 Å². The second kappa shape index (κ2) is 5.35. The first-order chi connectivity index (χ1) is 7.91. The molecule has 0 radical (unpaired) electrons. The van der Waals surface area contributed by atoms with Gasteiger partial charge in [-0.05, 0) is 35.4 Å². The number of carbonyl (C=O) groups is 1. The molecule has 94 valence electrons. The van der Waals surface area contributed by atoms with Crippen molar-refractivity contribution in [1.29, 1.82) is 0 Å². The van der Waals surface area contributed by atoms with Crippen molar-refractivity contribution in [3.63, 3.8) is 0 Å². The number of hydrogen-bond acceptors (Lipinski definition) is 2. The van der Waals surface area contributed by atoms with Gasteiger partial charge in [0.15, 0.2) is 6.29 Å². The van der Waals surface area contributed by atoms with Crippen LogP contribution in [0.5, 0.6) is 5.75 Å². The molecule has 0 fully saturated rings. The first-order valence-electron chi connectivity index (χ1n) is 6.22. The molecule has 1 aromatic rings. The van der Waals surface area contributed by atoms with Gasteiger partial charge in [0.25, 0.3) is 0 Å². The van der Waals surface area contributed by atoms with Gasteiger partial charge >= 0.3 is 0 Å². The van der Waals surface area contributed by atoms with Crippen molar-refractivity contribution in [3.05, 3.63) is 28.8 Å². The van der Waals surface area contributed by atoms with Crippen LogP contribution in [0.2, 0.25) is 0 Å². The lowest BCUT2D eigenvalue weighted by Crippen LogP contribution is -2.15. The van der Waals surface area contributed by atoms with Crippen LogP contribution < -0.4 is 0 Å². The van der Waals surface area contributed by atoms with Gasteiger partial charge in [0.1, 0.15) is 5.75 Å². The summed E-state index contributed by atoms with van der Waals surface area (Å²) in [6, 6.07) is 3.67. The Morgan fingerprint density at radius 1 is 1.29 bits per heavy atom. The SMILES string of the molecule is CCCCc1c(C(C)(C)C)ccc(C=O)c1O. The van der Waals surface area contributed by atoms with Gasteiger partial charge in [-0.3, -0.25) is 4.79 Å². The molecule has 0 aliphatic carbocycles. The van der Waals surface area contributed by atoms with Crippen LogP contribution in [0.4, 0.5) is 0 Å².